The third-order valence-corrected chi connectivity index (χ3v) is 11.8. The minimum atomic E-state index is -0.353. The first-order valence-corrected chi connectivity index (χ1v) is 16.7. The van der Waals surface area contributed by atoms with Crippen LogP contribution in [0, 0.1) is 46.3 Å². The Balaban J connectivity index is 1.23. The molecule has 4 aliphatic rings. The molecule has 43 heavy (non-hydrogen) atoms. The van der Waals surface area contributed by atoms with Gasteiger partial charge >= 0.3 is 11.9 Å². The molecule has 2 unspecified atom stereocenters. The van der Waals surface area contributed by atoms with Gasteiger partial charge in [0.2, 0.25) is 0 Å². The van der Waals surface area contributed by atoms with E-state index in [0.29, 0.717) is 40.8 Å². The van der Waals surface area contributed by atoms with Crippen LogP contribution in [0.1, 0.15) is 99.0 Å². The maximum Gasteiger partial charge on any atom is 0.331 e. The normalized spacial score (nSPS) is 33.3. The van der Waals surface area contributed by atoms with Crippen LogP contribution in [0.4, 0.5) is 0 Å². The molecule has 1 aromatic rings. The number of allylic oxidation sites excluding steroid dienone is 5. The highest BCUT2D eigenvalue weighted by Crippen LogP contribution is 2.66. The van der Waals surface area contributed by atoms with Crippen molar-refractivity contribution < 1.29 is 19.1 Å². The molecular formula is C39H52O4. The lowest BCUT2D eigenvalue weighted by atomic mass is 9.50. The van der Waals surface area contributed by atoms with Gasteiger partial charge in [-0.25, -0.2) is 4.79 Å². The first-order valence-electron chi connectivity index (χ1n) is 16.7. The molecular weight excluding hydrogens is 532 g/mol. The van der Waals surface area contributed by atoms with Crippen molar-refractivity contribution >= 4 is 18.0 Å². The van der Waals surface area contributed by atoms with Gasteiger partial charge in [-0.2, -0.15) is 0 Å². The molecule has 0 spiro atoms. The molecule has 3 fully saturated rings. The summed E-state index contributed by atoms with van der Waals surface area (Å²) < 4.78 is 11.0. The molecule has 0 aromatic heterocycles. The minimum absolute atomic E-state index is 0.0802. The van der Waals surface area contributed by atoms with Crippen molar-refractivity contribution in [3.05, 3.63) is 71.4 Å². The standard InChI is InChI=1S/C39H52O4/c1-25(2)26(3)8-9-27(4)34-17-18-35-33-16-13-30-24-32(20-22-38(30,6)36(33)21-23-39(34,35)7)43-37(41)19-12-29-10-14-31(15-11-29)42-28(5)40/h8-16,19,25-27,32,34-36H,17-18,20-24H2,1-7H3/t26-,27+,32-,34+,35?,36?,38-,39+/m0/s1. The van der Waals surface area contributed by atoms with E-state index in [-0.39, 0.29) is 23.5 Å². The second-order valence-electron chi connectivity index (χ2n) is 14.8. The first kappa shape index (κ1) is 31.5. The van der Waals surface area contributed by atoms with Crippen LogP contribution in [0.5, 0.6) is 5.75 Å². The summed E-state index contributed by atoms with van der Waals surface area (Å²) >= 11 is 0. The van der Waals surface area contributed by atoms with E-state index in [1.807, 2.05) is 12.1 Å². The lowest BCUT2D eigenvalue weighted by Crippen LogP contribution is -2.46. The lowest BCUT2D eigenvalue weighted by molar-refractivity contribution is -0.144. The van der Waals surface area contributed by atoms with Crippen molar-refractivity contribution in [1.82, 2.24) is 0 Å². The Labute approximate surface area is 259 Å². The number of carbonyl (C=O) groups excluding carboxylic acids is 2. The maximum absolute atomic E-state index is 12.7. The van der Waals surface area contributed by atoms with E-state index in [1.54, 1.807) is 23.8 Å². The van der Waals surface area contributed by atoms with Crippen molar-refractivity contribution in [2.45, 2.75) is 99.5 Å². The molecule has 4 aliphatic carbocycles. The van der Waals surface area contributed by atoms with E-state index < -0.39 is 0 Å². The molecule has 0 bridgehead atoms. The lowest BCUT2D eigenvalue weighted by Gasteiger charge is -2.55. The summed E-state index contributed by atoms with van der Waals surface area (Å²) in [4.78, 5) is 23.8. The molecule has 0 amide bonds. The number of benzene rings is 1. The molecule has 4 nitrogen and oxygen atoms in total. The van der Waals surface area contributed by atoms with E-state index in [0.717, 1.165) is 30.7 Å². The molecule has 0 radical (unpaired) electrons. The fourth-order valence-corrected chi connectivity index (χ4v) is 8.86. The molecule has 4 heteroatoms. The number of hydrogen-bond acceptors (Lipinski definition) is 4. The van der Waals surface area contributed by atoms with Crippen LogP contribution in [-0.4, -0.2) is 18.0 Å². The van der Waals surface area contributed by atoms with Crippen LogP contribution >= 0.6 is 0 Å². The Bertz CT molecular complexity index is 1310. The number of carbonyl (C=O) groups is 2. The molecule has 232 valence electrons. The van der Waals surface area contributed by atoms with E-state index in [1.165, 1.54) is 44.3 Å². The molecule has 0 N–H and O–H groups in total. The van der Waals surface area contributed by atoms with Gasteiger partial charge < -0.3 is 9.47 Å². The minimum Gasteiger partial charge on any atom is -0.459 e. The van der Waals surface area contributed by atoms with Crippen LogP contribution in [0.3, 0.4) is 0 Å². The van der Waals surface area contributed by atoms with Gasteiger partial charge in [0, 0.05) is 19.4 Å². The third-order valence-electron chi connectivity index (χ3n) is 11.8. The molecule has 5 rings (SSSR count). The van der Waals surface area contributed by atoms with Crippen LogP contribution < -0.4 is 4.74 Å². The molecule has 0 aliphatic heterocycles. The summed E-state index contributed by atoms with van der Waals surface area (Å²) in [6.45, 7) is 15.9. The summed E-state index contributed by atoms with van der Waals surface area (Å²) in [6.07, 6.45) is 21.1. The Morgan fingerprint density at radius 1 is 0.907 bits per heavy atom. The highest BCUT2D eigenvalue weighted by Gasteiger charge is 2.57. The zero-order valence-corrected chi connectivity index (χ0v) is 27.4. The van der Waals surface area contributed by atoms with Crippen molar-refractivity contribution in [1.29, 1.82) is 0 Å². The topological polar surface area (TPSA) is 52.6 Å². The third kappa shape index (κ3) is 6.49. The van der Waals surface area contributed by atoms with Gasteiger partial charge in [0.15, 0.2) is 0 Å². The van der Waals surface area contributed by atoms with Crippen LogP contribution in [0.15, 0.2) is 65.8 Å². The Morgan fingerprint density at radius 3 is 2.35 bits per heavy atom. The molecule has 0 heterocycles. The maximum atomic E-state index is 12.7. The number of hydrogen-bond donors (Lipinski definition) is 0. The highest BCUT2D eigenvalue weighted by molar-refractivity contribution is 5.87. The predicted molar refractivity (Wildman–Crippen MR) is 174 cm³/mol. The van der Waals surface area contributed by atoms with Gasteiger partial charge in [-0.05, 0) is 109 Å². The van der Waals surface area contributed by atoms with Gasteiger partial charge in [-0.15, -0.1) is 0 Å². The van der Waals surface area contributed by atoms with Crippen molar-refractivity contribution in [3.8, 4) is 5.75 Å². The van der Waals surface area contributed by atoms with Gasteiger partial charge in [-0.1, -0.05) is 89.1 Å². The van der Waals surface area contributed by atoms with Crippen LogP contribution in [-0.2, 0) is 14.3 Å². The number of rotatable bonds is 8. The fraction of sp³-hybridized carbons (Fsp3) is 0.590. The predicted octanol–water partition coefficient (Wildman–Crippen LogP) is 9.52. The quantitative estimate of drug-likeness (QED) is 0.132. The van der Waals surface area contributed by atoms with Crippen molar-refractivity contribution in [2.24, 2.45) is 46.3 Å². The Morgan fingerprint density at radius 2 is 1.65 bits per heavy atom. The van der Waals surface area contributed by atoms with E-state index in [9.17, 15) is 9.59 Å². The van der Waals surface area contributed by atoms with E-state index in [4.69, 9.17) is 9.47 Å². The number of ether oxygens (including phenoxy) is 2. The van der Waals surface area contributed by atoms with Crippen LogP contribution in [0.25, 0.3) is 6.08 Å². The highest BCUT2D eigenvalue weighted by atomic mass is 16.5. The van der Waals surface area contributed by atoms with Gasteiger partial charge in [0.25, 0.3) is 0 Å². The van der Waals surface area contributed by atoms with Crippen molar-refractivity contribution in [3.63, 3.8) is 0 Å². The first-order chi connectivity index (χ1) is 20.4. The molecule has 1 aromatic carbocycles. The molecule has 3 saturated carbocycles. The molecule has 0 saturated heterocycles. The van der Waals surface area contributed by atoms with Gasteiger partial charge in [0.1, 0.15) is 11.9 Å². The SMILES string of the molecule is CC(=O)Oc1ccc(C=CC(=O)O[C@H]2CC[C@@]3(C)C(=CC=C4C3CC[C@@]3(C)C4CC[C@@H]3[C@H](C)C=C[C@H](C)C(C)C)C2)cc1. The summed E-state index contributed by atoms with van der Waals surface area (Å²) in [6, 6.07) is 7.07. The van der Waals surface area contributed by atoms with E-state index >= 15 is 0 Å². The summed E-state index contributed by atoms with van der Waals surface area (Å²) in [7, 11) is 0. The van der Waals surface area contributed by atoms with Gasteiger partial charge in [-0.3, -0.25) is 4.79 Å². The summed E-state index contributed by atoms with van der Waals surface area (Å²) in [5.41, 5.74) is 4.59. The summed E-state index contributed by atoms with van der Waals surface area (Å²) in [5.74, 6) is 3.83. The average molecular weight is 585 g/mol. The smallest absolute Gasteiger partial charge is 0.331 e. The Hall–Kier alpha value is -2.88. The second-order valence-corrected chi connectivity index (χ2v) is 14.8. The zero-order valence-electron chi connectivity index (χ0n) is 27.4. The van der Waals surface area contributed by atoms with Crippen LogP contribution in [0.2, 0.25) is 0 Å². The van der Waals surface area contributed by atoms with Crippen molar-refractivity contribution in [2.75, 3.05) is 0 Å². The zero-order chi connectivity index (χ0) is 30.9. The molecule has 8 atom stereocenters. The summed E-state index contributed by atoms with van der Waals surface area (Å²) in [5, 5.41) is 0. The average Bonchev–Trinajstić information content (AvgIpc) is 3.32. The number of esters is 2. The van der Waals surface area contributed by atoms with E-state index in [2.05, 4.69) is 65.8 Å². The number of fused-ring (bicyclic) bond motifs is 5. The van der Waals surface area contributed by atoms with Gasteiger partial charge in [0.05, 0.1) is 0 Å². The largest absolute Gasteiger partial charge is 0.459 e. The monoisotopic (exact) mass is 584 g/mol. The Kier molecular flexibility index (Phi) is 9.26. The second kappa shape index (κ2) is 12.6. The fourth-order valence-electron chi connectivity index (χ4n) is 8.86.